The number of nitrogens with zero attached hydrogens (tertiary/aromatic N) is 1. The molecule has 94 valence electrons. The zero-order valence-corrected chi connectivity index (χ0v) is 12.3. The molecule has 0 saturated carbocycles. The second-order valence-corrected chi connectivity index (χ2v) is 5.82. The Morgan fingerprint density at radius 1 is 1.59 bits per heavy atom. The molecule has 0 radical (unpaired) electrons. The zero-order chi connectivity index (χ0) is 12.4. The van der Waals surface area contributed by atoms with Crippen molar-refractivity contribution in [1.29, 1.82) is 0 Å². The number of halogens is 2. The molecule has 0 bridgehead atoms. The fraction of sp³-hybridized carbons (Fsp3) is 0.545. The lowest BCUT2D eigenvalue weighted by atomic mass is 9.98. The summed E-state index contributed by atoms with van der Waals surface area (Å²) in [5.41, 5.74) is 0. The van der Waals surface area contributed by atoms with Crippen LogP contribution < -0.4 is 0 Å². The van der Waals surface area contributed by atoms with Gasteiger partial charge in [-0.15, -0.1) is 0 Å². The first kappa shape index (κ1) is 13.1. The number of carbonyl (C=O) groups is 1. The summed E-state index contributed by atoms with van der Waals surface area (Å²) in [6.45, 7) is 2.19. The minimum Gasteiger partial charge on any atom is -0.481 e. The molecule has 1 aromatic heterocycles. The molecule has 0 aromatic carbocycles. The first-order valence-electron chi connectivity index (χ1n) is 5.45. The van der Waals surface area contributed by atoms with Gasteiger partial charge in [-0.05, 0) is 57.3 Å². The molecule has 4 nitrogen and oxygen atoms in total. The molecule has 0 aliphatic carbocycles. The van der Waals surface area contributed by atoms with Gasteiger partial charge in [-0.3, -0.25) is 9.69 Å². The molecule has 17 heavy (non-hydrogen) atoms. The van der Waals surface area contributed by atoms with Crippen molar-refractivity contribution >= 4 is 37.8 Å². The number of likely N-dealkylation sites (tertiary alicyclic amines) is 1. The van der Waals surface area contributed by atoms with Crippen molar-refractivity contribution in [2.24, 2.45) is 5.92 Å². The van der Waals surface area contributed by atoms with Crippen LogP contribution in [-0.2, 0) is 11.3 Å². The number of rotatable bonds is 3. The van der Waals surface area contributed by atoms with Gasteiger partial charge in [0.15, 0.2) is 4.67 Å². The van der Waals surface area contributed by atoms with E-state index in [1.165, 1.54) is 0 Å². The van der Waals surface area contributed by atoms with Gasteiger partial charge in [0.05, 0.1) is 16.9 Å². The fourth-order valence-corrected chi connectivity index (χ4v) is 2.75. The normalized spacial score (nSPS) is 21.6. The summed E-state index contributed by atoms with van der Waals surface area (Å²) < 4.78 is 7.06. The molecule has 6 heteroatoms. The summed E-state index contributed by atoms with van der Waals surface area (Å²) in [6, 6.07) is 1.91. The van der Waals surface area contributed by atoms with E-state index >= 15 is 0 Å². The summed E-state index contributed by atoms with van der Waals surface area (Å²) in [5.74, 6) is -0.100. The number of carboxylic acid groups (broad SMARTS) is 1. The number of furan rings is 1. The van der Waals surface area contributed by atoms with Crippen LogP contribution in [0.4, 0.5) is 0 Å². The number of carboxylic acids is 1. The molecular weight excluding hydrogens is 354 g/mol. The van der Waals surface area contributed by atoms with E-state index in [0.717, 1.165) is 29.6 Å². The SMILES string of the molecule is O=C(O)C1CCCN(Cc2cc(Br)c(Br)o2)C1. The molecule has 1 aliphatic heterocycles. The van der Waals surface area contributed by atoms with E-state index in [9.17, 15) is 4.79 Å². The highest BCUT2D eigenvalue weighted by molar-refractivity contribution is 9.13. The predicted octanol–water partition coefficient (Wildman–Crippen LogP) is 3.10. The molecule has 1 aromatic rings. The smallest absolute Gasteiger partial charge is 0.307 e. The van der Waals surface area contributed by atoms with Gasteiger partial charge >= 0.3 is 5.97 Å². The van der Waals surface area contributed by atoms with Gasteiger partial charge in [-0.25, -0.2) is 0 Å². The molecule has 1 saturated heterocycles. The highest BCUT2D eigenvalue weighted by Gasteiger charge is 2.25. The van der Waals surface area contributed by atoms with E-state index in [1.54, 1.807) is 0 Å². The lowest BCUT2D eigenvalue weighted by Gasteiger charge is -2.29. The highest BCUT2D eigenvalue weighted by Crippen LogP contribution is 2.28. The molecule has 1 unspecified atom stereocenters. The van der Waals surface area contributed by atoms with E-state index in [-0.39, 0.29) is 5.92 Å². The fourth-order valence-electron chi connectivity index (χ4n) is 2.09. The first-order chi connectivity index (χ1) is 8.06. The second-order valence-electron chi connectivity index (χ2n) is 4.25. The average molecular weight is 367 g/mol. The molecular formula is C11H13Br2NO3. The second kappa shape index (κ2) is 5.54. The minimum atomic E-state index is -0.698. The monoisotopic (exact) mass is 365 g/mol. The Labute approximate surface area is 116 Å². The van der Waals surface area contributed by atoms with E-state index in [2.05, 4.69) is 36.8 Å². The summed E-state index contributed by atoms with van der Waals surface area (Å²) in [6.07, 6.45) is 1.71. The van der Waals surface area contributed by atoms with Crippen molar-refractivity contribution in [3.05, 3.63) is 21.0 Å². The van der Waals surface area contributed by atoms with Crippen LogP contribution in [0.25, 0.3) is 0 Å². The lowest BCUT2D eigenvalue weighted by Crippen LogP contribution is -2.38. The van der Waals surface area contributed by atoms with Crippen LogP contribution in [0.5, 0.6) is 0 Å². The van der Waals surface area contributed by atoms with Gasteiger partial charge in [0.25, 0.3) is 0 Å². The maximum atomic E-state index is 10.9. The standard InChI is InChI=1S/C11H13Br2NO3/c12-9-4-8(17-10(9)13)6-14-3-1-2-7(5-14)11(15)16/h4,7H,1-3,5-6H2,(H,15,16). The minimum absolute atomic E-state index is 0.245. The van der Waals surface area contributed by atoms with Crippen molar-refractivity contribution in [3.63, 3.8) is 0 Å². The van der Waals surface area contributed by atoms with Gasteiger partial charge in [0.2, 0.25) is 0 Å². The Morgan fingerprint density at radius 2 is 2.35 bits per heavy atom. The summed E-state index contributed by atoms with van der Waals surface area (Å²) in [7, 11) is 0. The van der Waals surface area contributed by atoms with Crippen LogP contribution in [0.2, 0.25) is 0 Å². The van der Waals surface area contributed by atoms with Crippen LogP contribution >= 0.6 is 31.9 Å². The highest BCUT2D eigenvalue weighted by atomic mass is 79.9. The Morgan fingerprint density at radius 3 is 2.94 bits per heavy atom. The zero-order valence-electron chi connectivity index (χ0n) is 9.16. The largest absolute Gasteiger partial charge is 0.481 e. The summed E-state index contributed by atoms with van der Waals surface area (Å²) in [4.78, 5) is 13.1. The maximum Gasteiger partial charge on any atom is 0.307 e. The molecule has 1 fully saturated rings. The van der Waals surface area contributed by atoms with Crippen molar-refractivity contribution < 1.29 is 14.3 Å². The van der Waals surface area contributed by atoms with Gasteiger partial charge in [-0.2, -0.15) is 0 Å². The third-order valence-corrected chi connectivity index (χ3v) is 4.64. The van der Waals surface area contributed by atoms with Gasteiger partial charge < -0.3 is 9.52 Å². The Balaban J connectivity index is 1.96. The van der Waals surface area contributed by atoms with Crippen LogP contribution in [0.1, 0.15) is 18.6 Å². The van der Waals surface area contributed by atoms with E-state index in [4.69, 9.17) is 9.52 Å². The van der Waals surface area contributed by atoms with Crippen molar-refractivity contribution in [2.75, 3.05) is 13.1 Å². The molecule has 0 spiro atoms. The summed E-state index contributed by atoms with van der Waals surface area (Å²) in [5, 5.41) is 9.01. The van der Waals surface area contributed by atoms with E-state index in [1.807, 2.05) is 6.07 Å². The van der Waals surface area contributed by atoms with E-state index in [0.29, 0.717) is 17.8 Å². The molecule has 2 rings (SSSR count). The van der Waals surface area contributed by atoms with E-state index < -0.39 is 5.97 Å². The average Bonchev–Trinajstić information content (AvgIpc) is 2.58. The first-order valence-corrected chi connectivity index (χ1v) is 7.03. The number of piperidine rings is 1. The van der Waals surface area contributed by atoms with Crippen LogP contribution in [0, 0.1) is 5.92 Å². The predicted molar refractivity (Wildman–Crippen MR) is 69.7 cm³/mol. The Bertz CT molecular complexity index is 399. The lowest BCUT2D eigenvalue weighted by molar-refractivity contribution is -0.143. The van der Waals surface area contributed by atoms with Crippen LogP contribution in [0.3, 0.4) is 0 Å². The van der Waals surface area contributed by atoms with Crippen molar-refractivity contribution in [2.45, 2.75) is 19.4 Å². The quantitative estimate of drug-likeness (QED) is 0.892. The number of hydrogen-bond donors (Lipinski definition) is 1. The maximum absolute atomic E-state index is 10.9. The number of hydrogen-bond acceptors (Lipinski definition) is 3. The third-order valence-electron chi connectivity index (χ3n) is 2.93. The third kappa shape index (κ3) is 3.33. The molecule has 1 aliphatic rings. The number of aliphatic carboxylic acids is 1. The molecule has 0 amide bonds. The van der Waals surface area contributed by atoms with Crippen molar-refractivity contribution in [1.82, 2.24) is 4.90 Å². The van der Waals surface area contributed by atoms with Crippen LogP contribution in [0.15, 0.2) is 19.6 Å². The van der Waals surface area contributed by atoms with Gasteiger partial charge in [-0.1, -0.05) is 0 Å². The molecule has 2 heterocycles. The molecule has 1 atom stereocenters. The van der Waals surface area contributed by atoms with Gasteiger partial charge in [0, 0.05) is 6.54 Å². The topological polar surface area (TPSA) is 53.7 Å². The Kier molecular flexibility index (Phi) is 4.27. The Hall–Kier alpha value is -0.330. The van der Waals surface area contributed by atoms with Crippen molar-refractivity contribution in [3.8, 4) is 0 Å². The van der Waals surface area contributed by atoms with Crippen LogP contribution in [-0.4, -0.2) is 29.1 Å². The summed E-state index contributed by atoms with van der Waals surface area (Å²) >= 11 is 6.65. The van der Waals surface area contributed by atoms with Gasteiger partial charge in [0.1, 0.15) is 5.76 Å². The molecule has 1 N–H and O–H groups in total.